The lowest BCUT2D eigenvalue weighted by molar-refractivity contribution is 0.0772. The summed E-state index contributed by atoms with van der Waals surface area (Å²) in [6.45, 7) is 8.13. The number of para-hydroxylation sites is 1. The van der Waals surface area contributed by atoms with Gasteiger partial charge in [0.15, 0.2) is 0 Å². The minimum Gasteiger partial charge on any atom is -0.415 e. The molecule has 194 valence electrons. The van der Waals surface area contributed by atoms with E-state index >= 15 is 0 Å². The third-order valence-electron chi connectivity index (χ3n) is 6.35. The maximum atomic E-state index is 13.9. The van der Waals surface area contributed by atoms with E-state index < -0.39 is 22.5 Å². The maximum absolute atomic E-state index is 13.9. The van der Waals surface area contributed by atoms with Gasteiger partial charge in [0.1, 0.15) is 0 Å². The number of alkyl halides is 2. The van der Waals surface area contributed by atoms with Crippen LogP contribution in [0.15, 0.2) is 59.0 Å². The van der Waals surface area contributed by atoms with Crippen LogP contribution < -0.4 is 4.31 Å². The third kappa shape index (κ3) is 5.58. The Morgan fingerprint density at radius 3 is 2.22 bits per heavy atom. The van der Waals surface area contributed by atoms with Crippen molar-refractivity contribution in [3.05, 3.63) is 66.1 Å². The lowest BCUT2D eigenvalue weighted by Gasteiger charge is -2.45. The fourth-order valence-electron chi connectivity index (χ4n) is 4.59. The number of nitrogens with zero attached hydrogens (tertiary/aromatic N) is 5. The van der Waals surface area contributed by atoms with Crippen LogP contribution >= 0.6 is 0 Å². The van der Waals surface area contributed by atoms with E-state index in [1.165, 1.54) is 4.31 Å². The third-order valence-corrected chi connectivity index (χ3v) is 8.20. The van der Waals surface area contributed by atoms with E-state index in [1.807, 2.05) is 18.2 Å². The second-order valence-corrected chi connectivity index (χ2v) is 10.9. The minimum absolute atomic E-state index is 0.0164. The molecule has 0 bridgehead atoms. The average Bonchev–Trinajstić information content (AvgIpc) is 3.36. The minimum atomic E-state index is -3.83. The molecule has 11 heteroatoms. The molecule has 1 aliphatic rings. The fourth-order valence-corrected chi connectivity index (χ4v) is 6.38. The summed E-state index contributed by atoms with van der Waals surface area (Å²) in [6.07, 6.45) is -1.83. The van der Waals surface area contributed by atoms with Gasteiger partial charge in [-0.1, -0.05) is 37.3 Å². The van der Waals surface area contributed by atoms with Crippen LogP contribution in [-0.2, 0) is 16.8 Å². The van der Waals surface area contributed by atoms with Crippen LogP contribution in [0.3, 0.4) is 0 Å². The lowest BCUT2D eigenvalue weighted by Crippen LogP contribution is -2.60. The molecule has 8 nitrogen and oxygen atoms in total. The molecule has 0 aliphatic carbocycles. The molecule has 1 saturated heterocycles. The standard InChI is InChI=1S/C25H31F2N5O3S/c1-4-14-31-18(2)15-30(16-19(31)3)36(33,34)32(22-8-6-5-7-9-22)17-20-10-12-21(13-11-20)24-28-29-25(35-24)23(26)27/h5-13,18-19,23H,4,14-17H2,1-3H3. The number of halogens is 2. The summed E-state index contributed by atoms with van der Waals surface area (Å²) < 4.78 is 61.4. The smallest absolute Gasteiger partial charge is 0.314 e. The Morgan fingerprint density at radius 2 is 1.67 bits per heavy atom. The Labute approximate surface area is 210 Å². The number of hydrogen-bond acceptors (Lipinski definition) is 6. The highest BCUT2D eigenvalue weighted by atomic mass is 32.2. The molecular formula is C25H31F2N5O3S. The predicted octanol–water partition coefficient (Wildman–Crippen LogP) is 4.73. The van der Waals surface area contributed by atoms with Crippen molar-refractivity contribution in [3.8, 4) is 11.5 Å². The molecule has 2 heterocycles. The van der Waals surface area contributed by atoms with Gasteiger partial charge in [-0.15, -0.1) is 10.2 Å². The van der Waals surface area contributed by atoms with Crippen LogP contribution in [0, 0.1) is 0 Å². The van der Waals surface area contributed by atoms with Crippen molar-refractivity contribution in [3.63, 3.8) is 0 Å². The van der Waals surface area contributed by atoms with Crippen molar-refractivity contribution in [1.29, 1.82) is 0 Å². The fraction of sp³-hybridized carbons (Fsp3) is 0.440. The number of benzene rings is 2. The zero-order chi connectivity index (χ0) is 25.9. The van der Waals surface area contributed by atoms with Gasteiger partial charge in [-0.05, 0) is 56.6 Å². The molecule has 2 aromatic carbocycles. The summed E-state index contributed by atoms with van der Waals surface area (Å²) in [5.41, 5.74) is 1.77. The van der Waals surface area contributed by atoms with Gasteiger partial charge in [-0.3, -0.25) is 9.21 Å². The molecule has 0 radical (unpaired) electrons. The van der Waals surface area contributed by atoms with Gasteiger partial charge in [0.2, 0.25) is 5.89 Å². The zero-order valence-electron chi connectivity index (χ0n) is 20.6. The number of piperazine rings is 1. The Balaban J connectivity index is 1.59. The summed E-state index contributed by atoms with van der Waals surface area (Å²) in [7, 11) is -3.83. The first-order valence-corrected chi connectivity index (χ1v) is 13.4. The molecule has 2 atom stereocenters. The molecule has 2 unspecified atom stereocenters. The van der Waals surface area contributed by atoms with E-state index in [2.05, 4.69) is 35.9 Å². The maximum Gasteiger partial charge on any atom is 0.314 e. The SMILES string of the molecule is CCCN1C(C)CN(S(=O)(=O)N(Cc2ccc(-c3nnc(C(F)F)o3)cc2)c2ccccc2)CC1C. The van der Waals surface area contributed by atoms with Crippen molar-refractivity contribution in [2.45, 2.75) is 52.2 Å². The van der Waals surface area contributed by atoms with Crippen LogP contribution in [0.25, 0.3) is 11.5 Å². The highest BCUT2D eigenvalue weighted by molar-refractivity contribution is 7.90. The number of anilines is 1. The van der Waals surface area contributed by atoms with Crippen molar-refractivity contribution in [2.24, 2.45) is 0 Å². The van der Waals surface area contributed by atoms with E-state index in [4.69, 9.17) is 4.42 Å². The molecule has 1 fully saturated rings. The quantitative estimate of drug-likeness (QED) is 0.407. The van der Waals surface area contributed by atoms with Gasteiger partial charge in [0.25, 0.3) is 5.89 Å². The highest BCUT2D eigenvalue weighted by Gasteiger charge is 2.38. The summed E-state index contributed by atoms with van der Waals surface area (Å²) in [6, 6.07) is 16.0. The monoisotopic (exact) mass is 519 g/mol. The van der Waals surface area contributed by atoms with E-state index in [1.54, 1.807) is 40.7 Å². The second-order valence-electron chi connectivity index (χ2n) is 9.05. The zero-order valence-corrected chi connectivity index (χ0v) is 21.4. The van der Waals surface area contributed by atoms with Crippen LogP contribution in [0.5, 0.6) is 0 Å². The molecule has 3 aromatic rings. The molecule has 1 aliphatic heterocycles. The number of rotatable bonds is 9. The summed E-state index contributed by atoms with van der Waals surface area (Å²) in [5, 5.41) is 7.02. The van der Waals surface area contributed by atoms with E-state index in [9.17, 15) is 17.2 Å². The molecule has 1 aromatic heterocycles. The van der Waals surface area contributed by atoms with Crippen LogP contribution in [0.2, 0.25) is 0 Å². The van der Waals surface area contributed by atoms with Crippen molar-refractivity contribution >= 4 is 15.9 Å². The molecule has 4 rings (SSSR count). The topological polar surface area (TPSA) is 82.8 Å². The van der Waals surface area contributed by atoms with Crippen LogP contribution in [0.1, 0.15) is 45.1 Å². The van der Waals surface area contributed by atoms with Crippen LogP contribution in [0.4, 0.5) is 14.5 Å². The number of hydrogen-bond donors (Lipinski definition) is 0. The Morgan fingerprint density at radius 1 is 1.03 bits per heavy atom. The van der Waals surface area contributed by atoms with Crippen molar-refractivity contribution < 1.29 is 21.6 Å². The summed E-state index contributed by atoms with van der Waals surface area (Å²) in [5.74, 6) is -0.754. The molecule has 0 N–H and O–H groups in total. The highest BCUT2D eigenvalue weighted by Crippen LogP contribution is 2.28. The van der Waals surface area contributed by atoms with Gasteiger partial charge in [-0.2, -0.15) is 21.5 Å². The first-order valence-electron chi connectivity index (χ1n) is 12.0. The first kappa shape index (κ1) is 26.2. The van der Waals surface area contributed by atoms with Crippen LogP contribution in [-0.4, -0.2) is 59.5 Å². The Kier molecular flexibility index (Phi) is 8.01. The van der Waals surface area contributed by atoms with Gasteiger partial charge in [-0.25, -0.2) is 0 Å². The summed E-state index contributed by atoms with van der Waals surface area (Å²) >= 11 is 0. The normalized spacial score (nSPS) is 19.6. The Bertz CT molecular complexity index is 1230. The Hall–Kier alpha value is -2.89. The predicted molar refractivity (Wildman–Crippen MR) is 134 cm³/mol. The molecular weight excluding hydrogens is 488 g/mol. The molecule has 0 saturated carbocycles. The summed E-state index contributed by atoms with van der Waals surface area (Å²) in [4.78, 5) is 2.36. The molecule has 0 spiro atoms. The second kappa shape index (κ2) is 11.0. The van der Waals surface area contributed by atoms with E-state index in [0.717, 1.165) is 18.5 Å². The first-order chi connectivity index (χ1) is 17.2. The molecule has 36 heavy (non-hydrogen) atoms. The van der Waals surface area contributed by atoms with Gasteiger partial charge < -0.3 is 4.42 Å². The van der Waals surface area contributed by atoms with E-state index in [-0.39, 0.29) is 24.5 Å². The molecule has 0 amide bonds. The van der Waals surface area contributed by atoms with Crippen molar-refractivity contribution in [1.82, 2.24) is 19.4 Å². The van der Waals surface area contributed by atoms with E-state index in [0.29, 0.717) is 24.3 Å². The van der Waals surface area contributed by atoms with Gasteiger partial charge in [0.05, 0.1) is 12.2 Å². The average molecular weight is 520 g/mol. The number of aromatic nitrogens is 2. The lowest BCUT2D eigenvalue weighted by atomic mass is 10.1. The largest absolute Gasteiger partial charge is 0.415 e. The van der Waals surface area contributed by atoms with Crippen molar-refractivity contribution in [2.75, 3.05) is 23.9 Å². The van der Waals surface area contributed by atoms with Gasteiger partial charge in [0, 0.05) is 30.7 Å². The van der Waals surface area contributed by atoms with Gasteiger partial charge >= 0.3 is 16.6 Å².